The molecule has 2 aliphatic rings. The van der Waals surface area contributed by atoms with Crippen molar-refractivity contribution in [3.8, 4) is 0 Å². The number of amides is 1. The predicted molar refractivity (Wildman–Crippen MR) is 100 cm³/mol. The number of benzene rings is 1. The van der Waals surface area contributed by atoms with Crippen molar-refractivity contribution in [3.63, 3.8) is 0 Å². The number of hydrogen-bond acceptors (Lipinski definition) is 3. The Morgan fingerprint density at radius 1 is 1.24 bits per heavy atom. The van der Waals surface area contributed by atoms with E-state index in [1.807, 2.05) is 11.9 Å². The molecule has 0 aromatic heterocycles. The van der Waals surface area contributed by atoms with Crippen LogP contribution >= 0.6 is 0 Å². The monoisotopic (exact) mass is 344 g/mol. The highest BCUT2D eigenvalue weighted by Crippen LogP contribution is 2.34. The van der Waals surface area contributed by atoms with Crippen LogP contribution < -0.4 is 0 Å². The Hall–Kier alpha value is -1.39. The Morgan fingerprint density at radius 3 is 2.76 bits per heavy atom. The fraction of sp³-hybridized carbons (Fsp3) is 0.667. The zero-order chi connectivity index (χ0) is 17.8. The number of fused-ring (bicyclic) bond motifs is 1. The van der Waals surface area contributed by atoms with Crippen LogP contribution in [0.15, 0.2) is 24.3 Å². The summed E-state index contributed by atoms with van der Waals surface area (Å²) in [5, 5.41) is 9.43. The predicted octanol–water partition coefficient (Wildman–Crippen LogP) is 3.01. The van der Waals surface area contributed by atoms with Gasteiger partial charge in [-0.1, -0.05) is 31.2 Å². The number of likely N-dealkylation sites (N-methyl/N-ethyl adjacent to an activating group) is 1. The molecule has 1 aromatic carbocycles. The van der Waals surface area contributed by atoms with Crippen molar-refractivity contribution < 1.29 is 9.90 Å². The minimum Gasteiger partial charge on any atom is -0.395 e. The molecule has 4 nitrogen and oxygen atoms in total. The molecule has 25 heavy (non-hydrogen) atoms. The lowest BCUT2D eigenvalue weighted by Crippen LogP contribution is -2.45. The van der Waals surface area contributed by atoms with Crippen LogP contribution in [0.1, 0.15) is 56.2 Å². The van der Waals surface area contributed by atoms with E-state index in [9.17, 15) is 9.90 Å². The van der Waals surface area contributed by atoms with Gasteiger partial charge in [-0.25, -0.2) is 0 Å². The zero-order valence-corrected chi connectivity index (χ0v) is 15.7. The first kappa shape index (κ1) is 18.4. The first-order valence-corrected chi connectivity index (χ1v) is 9.78. The molecule has 3 rings (SSSR count). The highest BCUT2D eigenvalue weighted by Gasteiger charge is 2.31. The second-order valence-electron chi connectivity index (χ2n) is 7.88. The van der Waals surface area contributed by atoms with Gasteiger partial charge in [0.15, 0.2) is 0 Å². The Morgan fingerprint density at radius 2 is 2.04 bits per heavy atom. The van der Waals surface area contributed by atoms with Crippen LogP contribution in [0.5, 0.6) is 0 Å². The van der Waals surface area contributed by atoms with Crippen LogP contribution in [0, 0.1) is 5.92 Å². The third-order valence-electron chi connectivity index (χ3n) is 6.11. The second kappa shape index (κ2) is 8.33. The molecule has 1 saturated carbocycles. The topological polar surface area (TPSA) is 43.8 Å². The van der Waals surface area contributed by atoms with Gasteiger partial charge in [0.05, 0.1) is 19.2 Å². The molecule has 1 amide bonds. The Kier molecular flexibility index (Phi) is 6.13. The van der Waals surface area contributed by atoms with Crippen LogP contribution in [0.3, 0.4) is 0 Å². The standard InChI is InChI=1S/C21H32N2O2/c1-16-10-11-18(14-16)23(12-13-24)15-21(25)22(2)20-9-5-7-17-6-3-4-8-19(17)20/h3-4,6,8,16,18,20,24H,5,7,9-15H2,1-2H3/t16-,18-,20+/m1/s1. The summed E-state index contributed by atoms with van der Waals surface area (Å²) in [7, 11) is 1.95. The van der Waals surface area contributed by atoms with E-state index in [1.165, 1.54) is 17.5 Å². The summed E-state index contributed by atoms with van der Waals surface area (Å²) in [5.74, 6) is 0.902. The quantitative estimate of drug-likeness (QED) is 0.863. The van der Waals surface area contributed by atoms with Crippen molar-refractivity contribution in [2.24, 2.45) is 5.92 Å². The number of aliphatic hydroxyl groups excluding tert-OH is 1. The Labute approximate surface area is 151 Å². The normalized spacial score (nSPS) is 25.8. The van der Waals surface area contributed by atoms with Crippen molar-refractivity contribution >= 4 is 5.91 Å². The van der Waals surface area contributed by atoms with E-state index in [1.54, 1.807) is 0 Å². The van der Waals surface area contributed by atoms with Gasteiger partial charge in [-0.2, -0.15) is 0 Å². The SMILES string of the molecule is C[C@@H]1CC[C@@H](N(CCO)CC(=O)N(C)[C@H]2CCCc3ccccc32)C1. The molecule has 0 aliphatic heterocycles. The van der Waals surface area contributed by atoms with Crippen molar-refractivity contribution in [1.29, 1.82) is 0 Å². The summed E-state index contributed by atoms with van der Waals surface area (Å²) in [6.07, 6.45) is 6.81. The van der Waals surface area contributed by atoms with Crippen LogP contribution in [-0.4, -0.2) is 53.6 Å². The molecule has 1 aromatic rings. The highest BCUT2D eigenvalue weighted by molar-refractivity contribution is 5.78. The van der Waals surface area contributed by atoms with E-state index in [2.05, 4.69) is 36.1 Å². The smallest absolute Gasteiger partial charge is 0.237 e. The molecule has 0 radical (unpaired) electrons. The number of rotatable bonds is 6. The molecular weight excluding hydrogens is 312 g/mol. The summed E-state index contributed by atoms with van der Waals surface area (Å²) >= 11 is 0. The van der Waals surface area contributed by atoms with E-state index < -0.39 is 0 Å². The van der Waals surface area contributed by atoms with Crippen LogP contribution in [0.25, 0.3) is 0 Å². The van der Waals surface area contributed by atoms with Crippen molar-refractivity contribution in [3.05, 3.63) is 35.4 Å². The summed E-state index contributed by atoms with van der Waals surface area (Å²) < 4.78 is 0. The molecule has 0 bridgehead atoms. The molecule has 0 unspecified atom stereocenters. The maximum absolute atomic E-state index is 13.0. The van der Waals surface area contributed by atoms with Crippen molar-refractivity contribution in [2.45, 2.75) is 57.5 Å². The molecule has 3 atom stereocenters. The van der Waals surface area contributed by atoms with Gasteiger partial charge in [0.2, 0.25) is 5.91 Å². The molecular formula is C21H32N2O2. The molecule has 138 valence electrons. The number of aryl methyl sites for hydroxylation is 1. The van der Waals surface area contributed by atoms with Gasteiger partial charge in [0.25, 0.3) is 0 Å². The Bertz CT molecular complexity index is 589. The summed E-state index contributed by atoms with van der Waals surface area (Å²) in [4.78, 5) is 17.1. The molecule has 4 heteroatoms. The van der Waals surface area contributed by atoms with Gasteiger partial charge in [-0.05, 0) is 55.6 Å². The first-order chi connectivity index (χ1) is 12.1. The number of nitrogens with zero attached hydrogens (tertiary/aromatic N) is 2. The minimum atomic E-state index is 0.119. The second-order valence-corrected chi connectivity index (χ2v) is 7.88. The lowest BCUT2D eigenvalue weighted by atomic mass is 9.87. The van der Waals surface area contributed by atoms with Gasteiger partial charge < -0.3 is 10.0 Å². The summed E-state index contributed by atoms with van der Waals surface area (Å²) in [5.41, 5.74) is 2.70. The third kappa shape index (κ3) is 4.24. The molecule has 0 saturated heterocycles. The number of aliphatic hydroxyl groups is 1. The molecule has 0 spiro atoms. The summed E-state index contributed by atoms with van der Waals surface area (Å²) in [6, 6.07) is 9.17. The van der Waals surface area contributed by atoms with E-state index in [0.717, 1.165) is 38.0 Å². The van der Waals surface area contributed by atoms with Gasteiger partial charge in [-0.15, -0.1) is 0 Å². The average Bonchev–Trinajstić information content (AvgIpc) is 3.06. The van der Waals surface area contributed by atoms with Crippen LogP contribution in [0.4, 0.5) is 0 Å². The lowest BCUT2D eigenvalue weighted by Gasteiger charge is -2.36. The molecule has 2 aliphatic carbocycles. The van der Waals surface area contributed by atoms with E-state index in [-0.39, 0.29) is 18.6 Å². The Balaban J connectivity index is 1.67. The van der Waals surface area contributed by atoms with Gasteiger partial charge in [0.1, 0.15) is 0 Å². The molecule has 0 heterocycles. The molecule has 1 N–H and O–H groups in total. The van der Waals surface area contributed by atoms with Gasteiger partial charge >= 0.3 is 0 Å². The van der Waals surface area contributed by atoms with Crippen LogP contribution in [0.2, 0.25) is 0 Å². The fourth-order valence-electron chi connectivity index (χ4n) is 4.62. The largest absolute Gasteiger partial charge is 0.395 e. The maximum Gasteiger partial charge on any atom is 0.237 e. The first-order valence-electron chi connectivity index (χ1n) is 9.78. The van der Waals surface area contributed by atoms with E-state index in [4.69, 9.17) is 0 Å². The minimum absolute atomic E-state index is 0.119. The van der Waals surface area contributed by atoms with Crippen molar-refractivity contribution in [1.82, 2.24) is 9.80 Å². The lowest BCUT2D eigenvalue weighted by molar-refractivity contribution is -0.134. The number of carbonyl (C=O) groups excluding carboxylic acids is 1. The van der Waals surface area contributed by atoms with Gasteiger partial charge in [-0.3, -0.25) is 9.69 Å². The maximum atomic E-state index is 13.0. The van der Waals surface area contributed by atoms with E-state index >= 15 is 0 Å². The zero-order valence-electron chi connectivity index (χ0n) is 15.7. The molecule has 1 fully saturated rings. The van der Waals surface area contributed by atoms with Crippen LogP contribution in [-0.2, 0) is 11.2 Å². The number of carbonyl (C=O) groups is 1. The summed E-state index contributed by atoms with van der Waals surface area (Å²) in [6.45, 7) is 3.42. The third-order valence-corrected chi connectivity index (χ3v) is 6.11. The van der Waals surface area contributed by atoms with Crippen molar-refractivity contribution in [2.75, 3.05) is 26.7 Å². The van der Waals surface area contributed by atoms with E-state index in [0.29, 0.717) is 19.1 Å². The van der Waals surface area contributed by atoms with Gasteiger partial charge in [0, 0.05) is 19.6 Å². The fourth-order valence-corrected chi connectivity index (χ4v) is 4.62. The average molecular weight is 344 g/mol. The highest BCUT2D eigenvalue weighted by atomic mass is 16.3. The number of hydrogen-bond donors (Lipinski definition) is 1.